The number of nitrogens with zero attached hydrogens (tertiary/aromatic N) is 3. The van der Waals surface area contributed by atoms with E-state index in [1.165, 1.54) is 4.57 Å². The van der Waals surface area contributed by atoms with Crippen LogP contribution < -0.4 is 10.5 Å². The van der Waals surface area contributed by atoms with E-state index in [9.17, 15) is 14.7 Å². The van der Waals surface area contributed by atoms with Gasteiger partial charge in [0.05, 0.1) is 22.2 Å². The standard InChI is InChI=1S/C21H18BrN3O3/c1-24-18-8-7-13(22)11-15(18)16(20(24)27)12-19-23-17-6-3-2-5-14(17)21(28)25(19)9-4-10-26/h2-3,5-8,11-12,26H,4,9-10H2,1H3/b16-12-. The number of carbonyl (C=O) groups excluding carboxylic acids is 1. The molecule has 1 aromatic heterocycles. The van der Waals surface area contributed by atoms with Crippen LogP contribution in [0.1, 0.15) is 17.8 Å². The molecule has 0 unspecified atom stereocenters. The van der Waals surface area contributed by atoms with Crippen molar-refractivity contribution >= 4 is 50.1 Å². The first kappa shape index (κ1) is 18.6. The molecule has 2 heterocycles. The van der Waals surface area contributed by atoms with Crippen molar-refractivity contribution in [1.29, 1.82) is 0 Å². The first-order valence-electron chi connectivity index (χ1n) is 8.91. The predicted octanol–water partition coefficient (Wildman–Crippen LogP) is 3.06. The van der Waals surface area contributed by atoms with Crippen LogP contribution >= 0.6 is 15.9 Å². The molecule has 0 aliphatic carbocycles. The van der Waals surface area contributed by atoms with Crippen LogP contribution in [0.2, 0.25) is 0 Å². The maximum absolute atomic E-state index is 13.0. The Balaban J connectivity index is 1.96. The summed E-state index contributed by atoms with van der Waals surface area (Å²) in [6.45, 7) is 0.286. The Labute approximate surface area is 169 Å². The van der Waals surface area contributed by atoms with Crippen LogP contribution in [0.25, 0.3) is 22.6 Å². The van der Waals surface area contributed by atoms with Crippen molar-refractivity contribution < 1.29 is 9.90 Å². The molecule has 7 heteroatoms. The van der Waals surface area contributed by atoms with Crippen molar-refractivity contribution in [2.75, 3.05) is 18.6 Å². The van der Waals surface area contributed by atoms with Gasteiger partial charge in [0.2, 0.25) is 0 Å². The number of carbonyl (C=O) groups is 1. The van der Waals surface area contributed by atoms with Crippen LogP contribution in [0.4, 0.5) is 5.69 Å². The molecule has 1 N–H and O–H groups in total. The molecule has 0 fully saturated rings. The van der Waals surface area contributed by atoms with Crippen molar-refractivity contribution in [3.63, 3.8) is 0 Å². The Kier molecular flexibility index (Phi) is 4.87. The molecule has 0 bridgehead atoms. The van der Waals surface area contributed by atoms with E-state index in [1.54, 1.807) is 36.2 Å². The van der Waals surface area contributed by atoms with E-state index in [2.05, 4.69) is 20.9 Å². The molecular weight excluding hydrogens is 422 g/mol. The van der Waals surface area contributed by atoms with Gasteiger partial charge in [-0.3, -0.25) is 14.2 Å². The summed E-state index contributed by atoms with van der Waals surface area (Å²) in [5.74, 6) is 0.256. The Morgan fingerprint density at radius 3 is 2.75 bits per heavy atom. The van der Waals surface area contributed by atoms with E-state index in [-0.39, 0.29) is 18.1 Å². The van der Waals surface area contributed by atoms with Crippen molar-refractivity contribution in [3.8, 4) is 0 Å². The zero-order chi connectivity index (χ0) is 19.8. The fourth-order valence-corrected chi connectivity index (χ4v) is 3.79. The fourth-order valence-electron chi connectivity index (χ4n) is 3.43. The van der Waals surface area contributed by atoms with Gasteiger partial charge in [0.1, 0.15) is 5.82 Å². The molecule has 3 aromatic rings. The molecule has 0 radical (unpaired) electrons. The summed E-state index contributed by atoms with van der Waals surface area (Å²) in [7, 11) is 1.72. The second-order valence-electron chi connectivity index (χ2n) is 6.60. The third-order valence-electron chi connectivity index (χ3n) is 4.85. The quantitative estimate of drug-likeness (QED) is 0.633. The number of aliphatic hydroxyl groups is 1. The van der Waals surface area contributed by atoms with Gasteiger partial charge in [-0.05, 0) is 42.8 Å². The maximum atomic E-state index is 13.0. The molecule has 0 spiro atoms. The third kappa shape index (κ3) is 3.06. The number of benzene rings is 2. The maximum Gasteiger partial charge on any atom is 0.261 e. The number of likely N-dealkylation sites (N-methyl/N-ethyl adjacent to an activating group) is 1. The summed E-state index contributed by atoms with van der Waals surface area (Å²) in [6.07, 6.45) is 2.09. The van der Waals surface area contributed by atoms with Gasteiger partial charge in [-0.2, -0.15) is 0 Å². The molecule has 2 aromatic carbocycles. The molecular formula is C21H18BrN3O3. The van der Waals surface area contributed by atoms with Gasteiger partial charge in [0, 0.05) is 30.2 Å². The Morgan fingerprint density at radius 2 is 1.96 bits per heavy atom. The van der Waals surface area contributed by atoms with Gasteiger partial charge in [0.25, 0.3) is 11.5 Å². The fraction of sp³-hybridized carbons (Fsp3) is 0.190. The molecule has 142 valence electrons. The summed E-state index contributed by atoms with van der Waals surface area (Å²) in [5, 5.41) is 9.74. The Hall–Kier alpha value is -2.77. The van der Waals surface area contributed by atoms with Crippen LogP contribution in [0, 0.1) is 0 Å². The lowest BCUT2D eigenvalue weighted by atomic mass is 10.1. The number of hydrogen-bond acceptors (Lipinski definition) is 4. The molecule has 0 atom stereocenters. The molecule has 1 aliphatic heterocycles. The number of halogens is 1. The van der Waals surface area contributed by atoms with Gasteiger partial charge >= 0.3 is 0 Å². The third-order valence-corrected chi connectivity index (χ3v) is 5.34. The van der Waals surface area contributed by atoms with Gasteiger partial charge in [-0.25, -0.2) is 4.98 Å². The minimum absolute atomic E-state index is 0.0350. The van der Waals surface area contributed by atoms with Crippen LogP contribution in [0.15, 0.2) is 51.7 Å². The number of amides is 1. The predicted molar refractivity (Wildman–Crippen MR) is 113 cm³/mol. The summed E-state index contributed by atoms with van der Waals surface area (Å²) in [6, 6.07) is 12.8. The number of anilines is 1. The highest BCUT2D eigenvalue weighted by Gasteiger charge is 2.30. The number of fused-ring (bicyclic) bond motifs is 2. The van der Waals surface area contributed by atoms with Crippen molar-refractivity contribution in [2.45, 2.75) is 13.0 Å². The van der Waals surface area contributed by atoms with Crippen LogP contribution in [-0.4, -0.2) is 34.2 Å². The van der Waals surface area contributed by atoms with E-state index in [4.69, 9.17) is 0 Å². The lowest BCUT2D eigenvalue weighted by Gasteiger charge is -2.11. The SMILES string of the molecule is CN1C(=O)/C(=C\c2nc3ccccc3c(=O)n2CCCO)c2cc(Br)ccc21. The summed E-state index contributed by atoms with van der Waals surface area (Å²) >= 11 is 3.45. The zero-order valence-electron chi connectivity index (χ0n) is 15.2. The normalized spacial score (nSPS) is 14.9. The first-order valence-corrected chi connectivity index (χ1v) is 9.70. The Bertz CT molecular complexity index is 1180. The molecule has 1 aliphatic rings. The highest BCUT2D eigenvalue weighted by molar-refractivity contribution is 9.10. The smallest absolute Gasteiger partial charge is 0.261 e. The van der Waals surface area contributed by atoms with E-state index in [0.29, 0.717) is 35.3 Å². The lowest BCUT2D eigenvalue weighted by molar-refractivity contribution is -0.112. The highest BCUT2D eigenvalue weighted by Crippen LogP contribution is 2.38. The zero-order valence-corrected chi connectivity index (χ0v) is 16.8. The summed E-state index contributed by atoms with van der Waals surface area (Å²) in [4.78, 5) is 32.0. The monoisotopic (exact) mass is 439 g/mol. The minimum atomic E-state index is -0.181. The van der Waals surface area contributed by atoms with Gasteiger partial charge in [0.15, 0.2) is 0 Å². The van der Waals surface area contributed by atoms with Crippen LogP contribution in [0.3, 0.4) is 0 Å². The second kappa shape index (κ2) is 7.33. The number of hydrogen-bond donors (Lipinski definition) is 1. The van der Waals surface area contributed by atoms with E-state index in [1.807, 2.05) is 24.3 Å². The number of para-hydroxylation sites is 1. The average Bonchev–Trinajstić information content (AvgIpc) is 2.92. The minimum Gasteiger partial charge on any atom is -0.396 e. The van der Waals surface area contributed by atoms with Crippen molar-refractivity contribution in [1.82, 2.24) is 9.55 Å². The van der Waals surface area contributed by atoms with Gasteiger partial charge in [-0.1, -0.05) is 28.1 Å². The van der Waals surface area contributed by atoms with Crippen molar-refractivity contribution in [3.05, 3.63) is 68.7 Å². The molecule has 0 saturated carbocycles. The number of aliphatic hydroxyl groups excluding tert-OH is 1. The van der Waals surface area contributed by atoms with E-state index in [0.717, 1.165) is 15.7 Å². The topological polar surface area (TPSA) is 75.4 Å². The molecule has 0 saturated heterocycles. The number of rotatable bonds is 4. The molecule has 28 heavy (non-hydrogen) atoms. The lowest BCUT2D eigenvalue weighted by Crippen LogP contribution is -2.25. The summed E-state index contributed by atoms with van der Waals surface area (Å²) < 4.78 is 2.39. The largest absolute Gasteiger partial charge is 0.396 e. The molecule has 6 nitrogen and oxygen atoms in total. The molecule has 1 amide bonds. The Morgan fingerprint density at radius 1 is 1.18 bits per heavy atom. The first-order chi connectivity index (χ1) is 13.5. The van der Waals surface area contributed by atoms with Crippen LogP contribution in [0.5, 0.6) is 0 Å². The van der Waals surface area contributed by atoms with Gasteiger partial charge < -0.3 is 10.0 Å². The summed E-state index contributed by atoms with van der Waals surface area (Å²) in [5.41, 5.74) is 2.48. The number of aromatic nitrogens is 2. The molecule has 4 rings (SSSR count). The van der Waals surface area contributed by atoms with E-state index < -0.39 is 0 Å². The van der Waals surface area contributed by atoms with Crippen LogP contribution in [-0.2, 0) is 11.3 Å². The second-order valence-corrected chi connectivity index (χ2v) is 7.52. The average molecular weight is 440 g/mol. The van der Waals surface area contributed by atoms with Crippen molar-refractivity contribution in [2.24, 2.45) is 0 Å². The highest BCUT2D eigenvalue weighted by atomic mass is 79.9. The van der Waals surface area contributed by atoms with Gasteiger partial charge in [-0.15, -0.1) is 0 Å². The van der Waals surface area contributed by atoms with E-state index >= 15 is 0 Å².